The largest absolute Gasteiger partial charge is 0.480 e. The summed E-state index contributed by atoms with van der Waals surface area (Å²) in [4.78, 5) is 13.7. The van der Waals surface area contributed by atoms with E-state index >= 15 is 0 Å². The maximum Gasteiger partial charge on any atom is 0.326 e. The standard InChI is InChI=1S/C16H18N2O4S/c1-11-7-9-13(10-8-11)23(21,22)18-17-15(16(19)20)14-6-4-3-5-12(14)2/h3-10,15,17-18H,1-2H3,(H,19,20). The van der Waals surface area contributed by atoms with E-state index in [1.165, 1.54) is 12.1 Å². The Kier molecular flexibility index (Phi) is 5.15. The van der Waals surface area contributed by atoms with Gasteiger partial charge in [-0.25, -0.2) is 13.8 Å². The summed E-state index contributed by atoms with van der Waals surface area (Å²) in [5, 5.41) is 9.36. The first-order valence-corrected chi connectivity index (χ1v) is 8.42. The Bertz CT molecular complexity index is 801. The molecule has 0 aliphatic rings. The van der Waals surface area contributed by atoms with Crippen molar-refractivity contribution in [1.29, 1.82) is 0 Å². The van der Waals surface area contributed by atoms with E-state index in [9.17, 15) is 18.3 Å². The molecule has 1 atom stereocenters. The molecule has 0 heterocycles. The van der Waals surface area contributed by atoms with Crippen LogP contribution in [0.3, 0.4) is 0 Å². The Morgan fingerprint density at radius 2 is 1.65 bits per heavy atom. The zero-order chi connectivity index (χ0) is 17.0. The minimum Gasteiger partial charge on any atom is -0.480 e. The summed E-state index contributed by atoms with van der Waals surface area (Å²) in [5.41, 5.74) is 4.57. The van der Waals surface area contributed by atoms with Crippen LogP contribution in [-0.2, 0) is 14.8 Å². The molecule has 0 aliphatic heterocycles. The van der Waals surface area contributed by atoms with Gasteiger partial charge in [0.25, 0.3) is 10.0 Å². The molecule has 122 valence electrons. The highest BCUT2D eigenvalue weighted by atomic mass is 32.2. The van der Waals surface area contributed by atoms with E-state index in [4.69, 9.17) is 0 Å². The van der Waals surface area contributed by atoms with Gasteiger partial charge < -0.3 is 5.11 Å². The van der Waals surface area contributed by atoms with Crippen LogP contribution in [0, 0.1) is 13.8 Å². The van der Waals surface area contributed by atoms with E-state index in [0.717, 1.165) is 11.1 Å². The highest BCUT2D eigenvalue weighted by Crippen LogP contribution is 2.17. The fraction of sp³-hybridized carbons (Fsp3) is 0.188. The van der Waals surface area contributed by atoms with Crippen LogP contribution in [0.2, 0.25) is 0 Å². The summed E-state index contributed by atoms with van der Waals surface area (Å²) >= 11 is 0. The second-order valence-electron chi connectivity index (χ2n) is 5.19. The molecule has 0 fully saturated rings. The zero-order valence-corrected chi connectivity index (χ0v) is 13.6. The lowest BCUT2D eigenvalue weighted by Gasteiger charge is -2.17. The van der Waals surface area contributed by atoms with Crippen molar-refractivity contribution in [2.75, 3.05) is 0 Å². The summed E-state index contributed by atoms with van der Waals surface area (Å²) in [5.74, 6) is -1.18. The van der Waals surface area contributed by atoms with Crippen LogP contribution in [0.15, 0.2) is 53.4 Å². The van der Waals surface area contributed by atoms with Crippen LogP contribution in [0.1, 0.15) is 22.7 Å². The smallest absolute Gasteiger partial charge is 0.326 e. The molecule has 23 heavy (non-hydrogen) atoms. The Balaban J connectivity index is 2.21. The summed E-state index contributed by atoms with van der Waals surface area (Å²) in [7, 11) is -3.85. The monoisotopic (exact) mass is 334 g/mol. The molecule has 0 amide bonds. The van der Waals surface area contributed by atoms with Crippen molar-refractivity contribution >= 4 is 16.0 Å². The van der Waals surface area contributed by atoms with Gasteiger partial charge in [0.05, 0.1) is 4.90 Å². The predicted molar refractivity (Wildman–Crippen MR) is 86.2 cm³/mol. The van der Waals surface area contributed by atoms with Gasteiger partial charge in [0.1, 0.15) is 6.04 Å². The molecule has 0 bridgehead atoms. The lowest BCUT2D eigenvalue weighted by molar-refractivity contribution is -0.139. The lowest BCUT2D eigenvalue weighted by atomic mass is 10.0. The normalized spacial score (nSPS) is 12.8. The Hall–Kier alpha value is -2.22. The molecule has 0 aromatic heterocycles. The van der Waals surface area contributed by atoms with Crippen LogP contribution in [-0.4, -0.2) is 19.5 Å². The predicted octanol–water partition coefficient (Wildman–Crippen LogP) is 1.91. The molecule has 7 heteroatoms. The summed E-state index contributed by atoms with van der Waals surface area (Å²) in [6.45, 7) is 3.61. The van der Waals surface area contributed by atoms with Gasteiger partial charge in [-0.2, -0.15) is 0 Å². The van der Waals surface area contributed by atoms with Crippen molar-refractivity contribution in [3.05, 3.63) is 65.2 Å². The molecule has 6 nitrogen and oxygen atoms in total. The molecule has 2 rings (SSSR count). The molecule has 1 unspecified atom stereocenters. The highest BCUT2D eigenvalue weighted by Gasteiger charge is 2.23. The molecule has 3 N–H and O–H groups in total. The van der Waals surface area contributed by atoms with E-state index in [2.05, 4.69) is 10.3 Å². The average molecular weight is 334 g/mol. The first kappa shape index (κ1) is 17.1. The SMILES string of the molecule is Cc1ccc(S(=O)(=O)NNC(C(=O)O)c2ccccc2C)cc1. The van der Waals surface area contributed by atoms with Crippen molar-refractivity contribution in [3.8, 4) is 0 Å². The topological polar surface area (TPSA) is 95.5 Å². The highest BCUT2D eigenvalue weighted by molar-refractivity contribution is 7.89. The van der Waals surface area contributed by atoms with Gasteiger partial charge in [-0.1, -0.05) is 42.0 Å². The second-order valence-corrected chi connectivity index (χ2v) is 6.87. The number of aryl methyl sites for hydroxylation is 2. The third-order valence-corrected chi connectivity index (χ3v) is 4.69. The third kappa shape index (κ3) is 4.16. The first-order valence-electron chi connectivity index (χ1n) is 6.93. The number of carboxylic acids is 1. The molecule has 2 aromatic rings. The third-order valence-electron chi connectivity index (χ3n) is 3.42. The van der Waals surface area contributed by atoms with Gasteiger partial charge in [0.2, 0.25) is 0 Å². The van der Waals surface area contributed by atoms with E-state index in [1.54, 1.807) is 43.3 Å². The van der Waals surface area contributed by atoms with Crippen molar-refractivity contribution < 1.29 is 18.3 Å². The zero-order valence-electron chi connectivity index (χ0n) is 12.8. The van der Waals surface area contributed by atoms with Gasteiger partial charge >= 0.3 is 5.97 Å². The average Bonchev–Trinajstić information content (AvgIpc) is 2.49. The number of sulfonamides is 1. The van der Waals surface area contributed by atoms with Crippen LogP contribution in [0.4, 0.5) is 0 Å². The number of rotatable bonds is 6. The van der Waals surface area contributed by atoms with Gasteiger partial charge in [0, 0.05) is 0 Å². The van der Waals surface area contributed by atoms with E-state index in [0.29, 0.717) is 5.56 Å². The molecule has 2 aromatic carbocycles. The Labute approximate surface area is 135 Å². The van der Waals surface area contributed by atoms with Gasteiger partial charge in [-0.3, -0.25) is 4.79 Å². The summed E-state index contributed by atoms with van der Waals surface area (Å²) < 4.78 is 24.4. The molecule has 0 saturated carbocycles. The number of benzene rings is 2. The molecule has 0 radical (unpaired) electrons. The van der Waals surface area contributed by atoms with Crippen LogP contribution in [0.5, 0.6) is 0 Å². The summed E-state index contributed by atoms with van der Waals surface area (Å²) in [6.07, 6.45) is 0. The molecular formula is C16H18N2O4S. The second kappa shape index (κ2) is 6.91. The number of carbonyl (C=O) groups is 1. The molecule has 0 spiro atoms. The number of hydrogen-bond acceptors (Lipinski definition) is 4. The minimum absolute atomic E-state index is 0.0597. The lowest BCUT2D eigenvalue weighted by Crippen LogP contribution is -2.43. The van der Waals surface area contributed by atoms with Gasteiger partial charge in [-0.05, 0) is 37.1 Å². The van der Waals surface area contributed by atoms with Crippen molar-refractivity contribution in [2.24, 2.45) is 0 Å². The Morgan fingerprint density at radius 1 is 1.04 bits per heavy atom. The van der Waals surface area contributed by atoms with Crippen molar-refractivity contribution in [3.63, 3.8) is 0 Å². The van der Waals surface area contributed by atoms with E-state index in [-0.39, 0.29) is 4.90 Å². The van der Waals surface area contributed by atoms with E-state index < -0.39 is 22.0 Å². The van der Waals surface area contributed by atoms with Gasteiger partial charge in [-0.15, -0.1) is 4.83 Å². The van der Waals surface area contributed by atoms with Crippen molar-refractivity contribution in [2.45, 2.75) is 24.8 Å². The fourth-order valence-corrected chi connectivity index (χ4v) is 2.98. The van der Waals surface area contributed by atoms with E-state index in [1.807, 2.05) is 6.92 Å². The van der Waals surface area contributed by atoms with Crippen LogP contribution < -0.4 is 10.3 Å². The van der Waals surface area contributed by atoms with Crippen LogP contribution >= 0.6 is 0 Å². The molecule has 0 saturated heterocycles. The molecule has 0 aliphatic carbocycles. The van der Waals surface area contributed by atoms with Crippen molar-refractivity contribution in [1.82, 2.24) is 10.3 Å². The van der Waals surface area contributed by atoms with Crippen LogP contribution in [0.25, 0.3) is 0 Å². The first-order chi connectivity index (χ1) is 10.8. The minimum atomic E-state index is -3.85. The number of nitrogens with one attached hydrogen (secondary N) is 2. The fourth-order valence-electron chi connectivity index (χ4n) is 2.10. The van der Waals surface area contributed by atoms with Gasteiger partial charge in [0.15, 0.2) is 0 Å². The summed E-state index contributed by atoms with van der Waals surface area (Å²) in [6, 6.07) is 12.0. The maximum absolute atomic E-state index is 12.2. The number of hydrazine groups is 1. The number of carboxylic acid groups (broad SMARTS) is 1. The quantitative estimate of drug-likeness (QED) is 0.702. The number of hydrogen-bond donors (Lipinski definition) is 3. The Morgan fingerprint density at radius 3 is 2.22 bits per heavy atom. The molecular weight excluding hydrogens is 316 g/mol. The number of aliphatic carboxylic acids is 1. The maximum atomic E-state index is 12.2.